The Labute approximate surface area is 96.2 Å². The molecule has 0 atom stereocenters. The van der Waals surface area contributed by atoms with Crippen LogP contribution in [0.4, 0.5) is 8.78 Å². The number of carbonyl (C=O) groups is 1. The topological polar surface area (TPSA) is 77.2 Å². The molecule has 0 aliphatic carbocycles. The molecule has 0 aliphatic rings. The molecule has 0 saturated carbocycles. The molecule has 0 saturated heterocycles. The van der Waals surface area contributed by atoms with E-state index in [0.29, 0.717) is 6.29 Å². The van der Waals surface area contributed by atoms with Crippen LogP contribution in [0.1, 0.15) is 16.2 Å². The van der Waals surface area contributed by atoms with Gasteiger partial charge in [0.2, 0.25) is 0 Å². The number of rotatable bonds is 7. The lowest BCUT2D eigenvalue weighted by molar-refractivity contribution is -0.0661. The third-order valence-corrected chi connectivity index (χ3v) is 2.13. The van der Waals surface area contributed by atoms with Crippen LogP contribution in [0.15, 0.2) is 0 Å². The first-order chi connectivity index (χ1) is 8.04. The summed E-state index contributed by atoms with van der Waals surface area (Å²) in [6.07, 6.45) is 0.699. The molecule has 0 aromatic carbocycles. The number of nitrogens with zero attached hydrogens (tertiary/aromatic N) is 3. The molecule has 0 fully saturated rings. The van der Waals surface area contributed by atoms with Crippen LogP contribution >= 0.6 is 0 Å². The van der Waals surface area contributed by atoms with Crippen LogP contribution in [0.3, 0.4) is 0 Å². The maximum absolute atomic E-state index is 13.0. The molecule has 96 valence electrons. The molecule has 17 heavy (non-hydrogen) atoms. The minimum Gasteiger partial charge on any atom is -0.390 e. The minimum absolute atomic E-state index is 0.00999. The second-order valence-electron chi connectivity index (χ2n) is 3.45. The van der Waals surface area contributed by atoms with E-state index in [-0.39, 0.29) is 24.4 Å². The van der Waals surface area contributed by atoms with Gasteiger partial charge in [0.25, 0.3) is 5.92 Å². The molecular formula is C9H13F2N3O3. The fourth-order valence-electron chi connectivity index (χ4n) is 1.29. The zero-order valence-electron chi connectivity index (χ0n) is 9.27. The van der Waals surface area contributed by atoms with Crippen molar-refractivity contribution in [3.8, 4) is 0 Å². The average molecular weight is 249 g/mol. The number of aromatic nitrogens is 3. The largest absolute Gasteiger partial charge is 0.390 e. The van der Waals surface area contributed by atoms with Crippen LogP contribution in [0.25, 0.3) is 0 Å². The van der Waals surface area contributed by atoms with Gasteiger partial charge in [0.1, 0.15) is 18.8 Å². The molecule has 8 heteroatoms. The van der Waals surface area contributed by atoms with Gasteiger partial charge in [-0.05, 0) is 0 Å². The molecule has 1 aromatic heterocycles. The summed E-state index contributed by atoms with van der Waals surface area (Å²) in [4.78, 5) is 10.6. The van der Waals surface area contributed by atoms with E-state index in [1.54, 1.807) is 0 Å². The van der Waals surface area contributed by atoms with E-state index in [2.05, 4.69) is 10.3 Å². The van der Waals surface area contributed by atoms with Crippen molar-refractivity contribution in [1.82, 2.24) is 15.0 Å². The van der Waals surface area contributed by atoms with Gasteiger partial charge in [-0.1, -0.05) is 5.21 Å². The highest BCUT2D eigenvalue weighted by molar-refractivity contribution is 5.73. The molecule has 0 aliphatic heterocycles. The first-order valence-electron chi connectivity index (χ1n) is 4.89. The number of hydrogen-bond acceptors (Lipinski definition) is 5. The van der Waals surface area contributed by atoms with Gasteiger partial charge < -0.3 is 9.84 Å². The van der Waals surface area contributed by atoms with E-state index in [1.807, 2.05) is 0 Å². The molecule has 0 unspecified atom stereocenters. The Hall–Kier alpha value is -1.41. The van der Waals surface area contributed by atoms with Gasteiger partial charge in [-0.25, -0.2) is 13.5 Å². The van der Waals surface area contributed by atoms with E-state index in [0.717, 1.165) is 4.68 Å². The highest BCUT2D eigenvalue weighted by atomic mass is 19.3. The van der Waals surface area contributed by atoms with Crippen LogP contribution in [0.2, 0.25) is 0 Å². The predicted octanol–water partition coefficient (Wildman–Crippen LogP) is -0.0929. The lowest BCUT2D eigenvalue weighted by atomic mass is 10.2. The van der Waals surface area contributed by atoms with Crippen molar-refractivity contribution in [2.24, 2.45) is 0 Å². The number of aldehydes is 1. The number of ether oxygens (including phenoxy) is 1. The predicted molar refractivity (Wildman–Crippen MR) is 53.0 cm³/mol. The normalized spacial score (nSPS) is 11.8. The molecular weight excluding hydrogens is 236 g/mol. The summed E-state index contributed by atoms with van der Waals surface area (Å²) in [5.74, 6) is -3.30. The van der Waals surface area contributed by atoms with E-state index >= 15 is 0 Å². The monoisotopic (exact) mass is 249 g/mol. The molecule has 1 aromatic rings. The van der Waals surface area contributed by atoms with Gasteiger partial charge in [-0.15, -0.1) is 5.10 Å². The fourth-order valence-corrected chi connectivity index (χ4v) is 1.29. The Balaban J connectivity index is 2.91. The van der Waals surface area contributed by atoms with Crippen molar-refractivity contribution in [3.63, 3.8) is 0 Å². The maximum Gasteiger partial charge on any atom is 0.289 e. The first kappa shape index (κ1) is 13.7. The molecule has 6 nitrogen and oxygen atoms in total. The van der Waals surface area contributed by atoms with E-state index in [9.17, 15) is 13.6 Å². The summed E-state index contributed by atoms with van der Waals surface area (Å²) < 4.78 is 31.7. The van der Waals surface area contributed by atoms with Crippen molar-refractivity contribution in [2.45, 2.75) is 18.9 Å². The maximum atomic E-state index is 13.0. The lowest BCUT2D eigenvalue weighted by Crippen LogP contribution is -2.29. The van der Waals surface area contributed by atoms with Crippen molar-refractivity contribution < 1.29 is 23.4 Å². The van der Waals surface area contributed by atoms with Crippen molar-refractivity contribution in [2.75, 3.05) is 20.3 Å². The standard InChI is InChI=1S/C9H13F2N3O3/c1-17-3-2-8-7(4-15)12-13-14(8)5-9(10,11)6-16/h4,16H,2-3,5-6H2,1H3. The van der Waals surface area contributed by atoms with Crippen LogP contribution in [-0.4, -0.2) is 52.6 Å². The number of aliphatic hydroxyl groups excluding tert-OH is 1. The quantitative estimate of drug-likeness (QED) is 0.683. The second-order valence-corrected chi connectivity index (χ2v) is 3.45. The molecule has 1 N–H and O–H groups in total. The fraction of sp³-hybridized carbons (Fsp3) is 0.667. The second kappa shape index (κ2) is 5.78. The van der Waals surface area contributed by atoms with Gasteiger partial charge in [0.05, 0.1) is 12.3 Å². The third-order valence-electron chi connectivity index (χ3n) is 2.13. The Morgan fingerprint density at radius 3 is 2.82 bits per heavy atom. The van der Waals surface area contributed by atoms with E-state index in [1.165, 1.54) is 7.11 Å². The molecule has 0 spiro atoms. The number of methoxy groups -OCH3 is 1. The van der Waals surface area contributed by atoms with Crippen molar-refractivity contribution >= 4 is 6.29 Å². The van der Waals surface area contributed by atoms with Gasteiger partial charge >= 0.3 is 0 Å². The van der Waals surface area contributed by atoms with Gasteiger partial charge in [-0.2, -0.15) is 0 Å². The Morgan fingerprint density at radius 1 is 1.59 bits per heavy atom. The average Bonchev–Trinajstić information content (AvgIpc) is 2.68. The Kier molecular flexibility index (Phi) is 4.64. The number of aliphatic hydroxyl groups is 1. The highest BCUT2D eigenvalue weighted by Crippen LogP contribution is 2.16. The number of carbonyl (C=O) groups excluding carboxylic acids is 1. The third kappa shape index (κ3) is 3.53. The van der Waals surface area contributed by atoms with Gasteiger partial charge in [0.15, 0.2) is 6.29 Å². The summed E-state index contributed by atoms with van der Waals surface area (Å²) >= 11 is 0. The van der Waals surface area contributed by atoms with Crippen molar-refractivity contribution in [3.05, 3.63) is 11.4 Å². The molecule has 0 radical (unpaired) electrons. The Bertz CT molecular complexity index is 382. The molecule has 0 bridgehead atoms. The number of halogens is 2. The Morgan fingerprint density at radius 2 is 2.29 bits per heavy atom. The molecule has 0 amide bonds. The van der Waals surface area contributed by atoms with Crippen molar-refractivity contribution in [1.29, 1.82) is 0 Å². The number of alkyl halides is 2. The lowest BCUT2D eigenvalue weighted by Gasteiger charge is -2.14. The summed E-state index contributed by atoms with van der Waals surface area (Å²) in [7, 11) is 1.46. The van der Waals surface area contributed by atoms with Crippen LogP contribution in [-0.2, 0) is 17.7 Å². The van der Waals surface area contributed by atoms with E-state index < -0.39 is 19.1 Å². The van der Waals surface area contributed by atoms with E-state index in [4.69, 9.17) is 9.84 Å². The van der Waals surface area contributed by atoms with Crippen LogP contribution < -0.4 is 0 Å². The zero-order chi connectivity index (χ0) is 12.9. The summed E-state index contributed by atoms with van der Waals surface area (Å²) in [5, 5.41) is 15.4. The molecule has 1 heterocycles. The first-order valence-corrected chi connectivity index (χ1v) is 4.89. The smallest absolute Gasteiger partial charge is 0.289 e. The molecule has 1 rings (SSSR count). The summed E-state index contributed by atoms with van der Waals surface area (Å²) in [6.45, 7) is -1.84. The van der Waals surface area contributed by atoms with Crippen LogP contribution in [0.5, 0.6) is 0 Å². The van der Waals surface area contributed by atoms with Gasteiger partial charge in [0, 0.05) is 13.5 Å². The minimum atomic E-state index is -3.30. The number of hydrogen-bond donors (Lipinski definition) is 1. The summed E-state index contributed by atoms with van der Waals surface area (Å²) in [5.41, 5.74) is 0.283. The zero-order valence-corrected chi connectivity index (χ0v) is 9.27. The highest BCUT2D eigenvalue weighted by Gasteiger charge is 2.30. The summed E-state index contributed by atoms with van der Waals surface area (Å²) in [6, 6.07) is 0. The van der Waals surface area contributed by atoms with Crippen LogP contribution in [0, 0.1) is 0 Å². The van der Waals surface area contributed by atoms with Gasteiger partial charge in [-0.3, -0.25) is 4.79 Å². The SMILES string of the molecule is COCCc1c(C=O)nnn1CC(F)(F)CO.